The van der Waals surface area contributed by atoms with E-state index in [-0.39, 0.29) is 19.5 Å². The Bertz CT molecular complexity index is 270. The van der Waals surface area contributed by atoms with Gasteiger partial charge in [-0.1, -0.05) is 30.3 Å². The van der Waals surface area contributed by atoms with Gasteiger partial charge in [-0.2, -0.15) is 13.5 Å². The van der Waals surface area contributed by atoms with Crippen molar-refractivity contribution in [1.29, 1.82) is 0 Å². The highest BCUT2D eigenvalue weighted by molar-refractivity contribution is 7.59. The first-order chi connectivity index (χ1) is 6.86. The summed E-state index contributed by atoms with van der Waals surface area (Å²) in [5.74, 6) is 0. The van der Waals surface area contributed by atoms with Gasteiger partial charge in [0.25, 0.3) is 0 Å². The van der Waals surface area contributed by atoms with E-state index in [9.17, 15) is 0 Å². The van der Waals surface area contributed by atoms with Gasteiger partial charge in [-0.25, -0.2) is 0 Å². The fraction of sp³-hybridized carbons (Fsp3) is 0.500. The summed E-state index contributed by atoms with van der Waals surface area (Å²) in [7, 11) is 0. The fourth-order valence-electron chi connectivity index (χ4n) is 2.05. The van der Waals surface area contributed by atoms with E-state index in [2.05, 4.69) is 29.2 Å². The first-order valence-electron chi connectivity index (χ1n) is 5.39. The number of nitrogens with zero attached hydrogens (tertiary/aromatic N) is 1. The van der Waals surface area contributed by atoms with Gasteiger partial charge in [0.2, 0.25) is 0 Å². The number of hydrogen-bond acceptors (Lipinski definition) is 2. The van der Waals surface area contributed by atoms with Gasteiger partial charge < -0.3 is 10.6 Å². The van der Waals surface area contributed by atoms with E-state index in [0.717, 1.165) is 6.54 Å². The molecule has 0 unspecified atom stereocenters. The SMILES string of the molecule is N[C@H](CN1CCCC1)c1ccccc1.S. The summed E-state index contributed by atoms with van der Waals surface area (Å²) >= 11 is 0. The Morgan fingerprint density at radius 3 is 2.33 bits per heavy atom. The van der Waals surface area contributed by atoms with Gasteiger partial charge in [-0.05, 0) is 31.5 Å². The second-order valence-electron chi connectivity index (χ2n) is 4.02. The van der Waals surface area contributed by atoms with Gasteiger partial charge in [-0.3, -0.25) is 0 Å². The third-order valence-electron chi connectivity index (χ3n) is 2.88. The van der Waals surface area contributed by atoms with E-state index in [4.69, 9.17) is 5.73 Å². The van der Waals surface area contributed by atoms with Crippen molar-refractivity contribution >= 4 is 13.5 Å². The molecule has 2 rings (SSSR count). The molecule has 15 heavy (non-hydrogen) atoms. The minimum absolute atomic E-state index is 0. The lowest BCUT2D eigenvalue weighted by molar-refractivity contribution is 0.316. The van der Waals surface area contributed by atoms with Crippen LogP contribution in [0.1, 0.15) is 24.4 Å². The van der Waals surface area contributed by atoms with Crippen molar-refractivity contribution in [3.05, 3.63) is 35.9 Å². The van der Waals surface area contributed by atoms with E-state index < -0.39 is 0 Å². The Hall–Kier alpha value is -0.510. The van der Waals surface area contributed by atoms with E-state index in [1.807, 2.05) is 6.07 Å². The summed E-state index contributed by atoms with van der Waals surface area (Å²) in [6.07, 6.45) is 2.67. The second kappa shape index (κ2) is 6.16. The monoisotopic (exact) mass is 224 g/mol. The summed E-state index contributed by atoms with van der Waals surface area (Å²) < 4.78 is 0. The van der Waals surface area contributed by atoms with Crippen LogP contribution in [0, 0.1) is 0 Å². The quantitative estimate of drug-likeness (QED) is 0.849. The first-order valence-corrected chi connectivity index (χ1v) is 5.39. The molecule has 0 aliphatic carbocycles. The molecule has 0 aromatic heterocycles. The molecule has 1 aliphatic heterocycles. The van der Waals surface area contributed by atoms with Crippen LogP contribution in [0.4, 0.5) is 0 Å². The highest BCUT2D eigenvalue weighted by Crippen LogP contribution is 2.14. The highest BCUT2D eigenvalue weighted by Gasteiger charge is 2.15. The van der Waals surface area contributed by atoms with Gasteiger partial charge in [0.1, 0.15) is 0 Å². The summed E-state index contributed by atoms with van der Waals surface area (Å²) in [5.41, 5.74) is 7.38. The van der Waals surface area contributed by atoms with Gasteiger partial charge in [-0.15, -0.1) is 0 Å². The van der Waals surface area contributed by atoms with Crippen LogP contribution >= 0.6 is 13.5 Å². The predicted molar refractivity (Wildman–Crippen MR) is 69.4 cm³/mol. The normalized spacial score (nSPS) is 18.5. The average molecular weight is 224 g/mol. The zero-order valence-corrected chi connectivity index (χ0v) is 10.0. The molecule has 2 nitrogen and oxygen atoms in total. The zero-order valence-electron chi connectivity index (χ0n) is 9.02. The summed E-state index contributed by atoms with van der Waals surface area (Å²) in [6, 6.07) is 10.5. The molecule has 2 N–H and O–H groups in total. The summed E-state index contributed by atoms with van der Waals surface area (Å²) in [4.78, 5) is 2.46. The van der Waals surface area contributed by atoms with Crippen molar-refractivity contribution in [2.75, 3.05) is 19.6 Å². The Kier molecular flexibility index (Phi) is 5.15. The maximum atomic E-state index is 6.13. The lowest BCUT2D eigenvalue weighted by Crippen LogP contribution is -2.29. The van der Waals surface area contributed by atoms with Crippen molar-refractivity contribution in [1.82, 2.24) is 4.90 Å². The molecule has 1 saturated heterocycles. The third-order valence-corrected chi connectivity index (χ3v) is 2.88. The molecule has 1 aromatic rings. The molecule has 84 valence electrons. The van der Waals surface area contributed by atoms with Crippen molar-refractivity contribution in [3.8, 4) is 0 Å². The van der Waals surface area contributed by atoms with Crippen LogP contribution in [0.25, 0.3) is 0 Å². The van der Waals surface area contributed by atoms with Gasteiger partial charge >= 0.3 is 0 Å². The molecule has 1 heterocycles. The average Bonchev–Trinajstić information content (AvgIpc) is 2.72. The Labute approximate surface area is 98.9 Å². The second-order valence-corrected chi connectivity index (χ2v) is 4.02. The molecule has 1 aromatic carbocycles. The first kappa shape index (κ1) is 12.6. The molecule has 1 fully saturated rings. The largest absolute Gasteiger partial charge is 0.323 e. The van der Waals surface area contributed by atoms with Crippen LogP contribution < -0.4 is 5.73 Å². The Morgan fingerprint density at radius 2 is 1.73 bits per heavy atom. The predicted octanol–water partition coefficient (Wildman–Crippen LogP) is 1.90. The van der Waals surface area contributed by atoms with Gasteiger partial charge in [0.05, 0.1) is 0 Å². The van der Waals surface area contributed by atoms with E-state index in [1.165, 1.54) is 31.5 Å². The summed E-state index contributed by atoms with van der Waals surface area (Å²) in [5, 5.41) is 0. The minimum atomic E-state index is 0. The van der Waals surface area contributed by atoms with Crippen LogP contribution in [-0.4, -0.2) is 24.5 Å². The number of benzene rings is 1. The van der Waals surface area contributed by atoms with Crippen molar-refractivity contribution < 1.29 is 0 Å². The molecule has 0 amide bonds. The van der Waals surface area contributed by atoms with E-state index in [0.29, 0.717) is 0 Å². The lowest BCUT2D eigenvalue weighted by atomic mass is 10.1. The number of rotatable bonds is 3. The number of hydrogen-bond donors (Lipinski definition) is 1. The zero-order chi connectivity index (χ0) is 9.80. The molecule has 0 spiro atoms. The van der Waals surface area contributed by atoms with Crippen LogP contribution in [0.5, 0.6) is 0 Å². The van der Waals surface area contributed by atoms with E-state index >= 15 is 0 Å². The minimum Gasteiger partial charge on any atom is -0.323 e. The Balaban J connectivity index is 0.00000112. The maximum absolute atomic E-state index is 6.13. The van der Waals surface area contributed by atoms with Crippen molar-refractivity contribution in [3.63, 3.8) is 0 Å². The molecular formula is C12H20N2S. The molecule has 0 bridgehead atoms. The number of likely N-dealkylation sites (tertiary alicyclic amines) is 1. The molecule has 1 atom stereocenters. The number of nitrogens with two attached hydrogens (primary N) is 1. The van der Waals surface area contributed by atoms with Gasteiger partial charge in [0, 0.05) is 12.6 Å². The Morgan fingerprint density at radius 1 is 1.13 bits per heavy atom. The third kappa shape index (κ3) is 3.52. The molecular weight excluding hydrogens is 204 g/mol. The van der Waals surface area contributed by atoms with Crippen LogP contribution in [0.15, 0.2) is 30.3 Å². The van der Waals surface area contributed by atoms with Crippen molar-refractivity contribution in [2.24, 2.45) is 5.73 Å². The van der Waals surface area contributed by atoms with Crippen LogP contribution in [0.2, 0.25) is 0 Å². The topological polar surface area (TPSA) is 29.3 Å². The molecule has 0 saturated carbocycles. The van der Waals surface area contributed by atoms with Crippen LogP contribution in [0.3, 0.4) is 0 Å². The van der Waals surface area contributed by atoms with Gasteiger partial charge in [0.15, 0.2) is 0 Å². The smallest absolute Gasteiger partial charge is 0.0424 e. The molecule has 0 radical (unpaired) electrons. The van der Waals surface area contributed by atoms with Crippen LogP contribution in [-0.2, 0) is 0 Å². The fourth-order valence-corrected chi connectivity index (χ4v) is 2.05. The van der Waals surface area contributed by atoms with E-state index in [1.54, 1.807) is 0 Å². The molecule has 3 heteroatoms. The maximum Gasteiger partial charge on any atom is 0.0424 e. The highest BCUT2D eigenvalue weighted by atomic mass is 32.1. The summed E-state index contributed by atoms with van der Waals surface area (Å²) in [6.45, 7) is 3.45. The van der Waals surface area contributed by atoms with Crippen molar-refractivity contribution in [2.45, 2.75) is 18.9 Å². The molecule has 1 aliphatic rings. The lowest BCUT2D eigenvalue weighted by Gasteiger charge is -2.20. The standard InChI is InChI=1S/C12H18N2.H2S/c13-12(10-14-8-4-5-9-14)11-6-2-1-3-7-11;/h1-3,6-7,12H,4-5,8-10,13H2;1H2/t12-;/m1./s1.